The van der Waals surface area contributed by atoms with Gasteiger partial charge in [0.1, 0.15) is 6.61 Å². The van der Waals surface area contributed by atoms with E-state index in [0.717, 1.165) is 5.92 Å². The summed E-state index contributed by atoms with van der Waals surface area (Å²) in [6.45, 7) is 7.08. The molecule has 0 radical (unpaired) electrons. The quantitative estimate of drug-likeness (QED) is 0.797. The van der Waals surface area contributed by atoms with Gasteiger partial charge in [-0.05, 0) is 36.0 Å². The fraction of sp³-hybridized carbons (Fsp3) is 0.923. The summed E-state index contributed by atoms with van der Waals surface area (Å²) in [4.78, 5) is 11.7. The van der Waals surface area contributed by atoms with Crippen molar-refractivity contribution in [1.82, 2.24) is 5.32 Å². The molecular formula is C13H23NO2. The van der Waals surface area contributed by atoms with Crippen molar-refractivity contribution in [2.45, 2.75) is 46.1 Å². The molecular weight excluding hydrogens is 202 g/mol. The summed E-state index contributed by atoms with van der Waals surface area (Å²) in [5.41, 5.74) is 0.536. The molecule has 1 amide bonds. The topological polar surface area (TPSA) is 38.3 Å². The Kier molecular flexibility index (Phi) is 2.77. The Morgan fingerprint density at radius 1 is 1.44 bits per heavy atom. The molecule has 0 aromatic heterocycles. The molecule has 2 aliphatic rings. The van der Waals surface area contributed by atoms with E-state index in [2.05, 4.69) is 26.1 Å². The number of hydrogen-bond donors (Lipinski definition) is 1. The van der Waals surface area contributed by atoms with Crippen LogP contribution in [0, 0.1) is 16.7 Å². The van der Waals surface area contributed by atoms with Gasteiger partial charge in [-0.1, -0.05) is 20.8 Å². The van der Waals surface area contributed by atoms with Crippen LogP contribution in [-0.4, -0.2) is 25.7 Å². The van der Waals surface area contributed by atoms with Crippen LogP contribution in [0.4, 0.5) is 0 Å². The molecule has 0 spiro atoms. The predicted molar refractivity (Wildman–Crippen MR) is 63.0 cm³/mol. The van der Waals surface area contributed by atoms with Crippen molar-refractivity contribution in [2.75, 3.05) is 13.7 Å². The van der Waals surface area contributed by atoms with Gasteiger partial charge in [0, 0.05) is 13.2 Å². The number of carbonyl (C=O) groups excluding carboxylic acids is 1. The molecule has 92 valence electrons. The maximum atomic E-state index is 11.7. The fourth-order valence-electron chi connectivity index (χ4n) is 4.00. The maximum Gasteiger partial charge on any atom is 0.246 e. The number of hydrogen-bond acceptors (Lipinski definition) is 2. The van der Waals surface area contributed by atoms with Gasteiger partial charge in [0.15, 0.2) is 0 Å². The lowest BCUT2D eigenvalue weighted by Gasteiger charge is -2.43. The van der Waals surface area contributed by atoms with E-state index in [0.29, 0.717) is 11.5 Å². The largest absolute Gasteiger partial charge is 0.375 e. The summed E-state index contributed by atoms with van der Waals surface area (Å²) in [6.07, 6.45) is 3.83. The minimum Gasteiger partial charge on any atom is -0.375 e. The van der Waals surface area contributed by atoms with E-state index < -0.39 is 0 Å². The van der Waals surface area contributed by atoms with Crippen molar-refractivity contribution in [1.29, 1.82) is 0 Å². The molecule has 2 fully saturated rings. The molecule has 0 saturated heterocycles. The van der Waals surface area contributed by atoms with Crippen LogP contribution in [0.25, 0.3) is 0 Å². The van der Waals surface area contributed by atoms with E-state index in [1.54, 1.807) is 7.11 Å². The second-order valence-electron chi connectivity index (χ2n) is 6.35. The number of fused-ring (bicyclic) bond motifs is 2. The van der Waals surface area contributed by atoms with Crippen LogP contribution in [0.3, 0.4) is 0 Å². The van der Waals surface area contributed by atoms with E-state index in [9.17, 15) is 4.79 Å². The molecule has 0 heterocycles. The molecule has 16 heavy (non-hydrogen) atoms. The molecule has 3 atom stereocenters. The summed E-state index contributed by atoms with van der Waals surface area (Å²) in [5, 5.41) is 3.18. The van der Waals surface area contributed by atoms with Crippen molar-refractivity contribution in [2.24, 2.45) is 16.7 Å². The Hall–Kier alpha value is -0.570. The van der Waals surface area contributed by atoms with Gasteiger partial charge in [-0.25, -0.2) is 0 Å². The first kappa shape index (κ1) is 11.9. The van der Waals surface area contributed by atoms with Gasteiger partial charge in [0.25, 0.3) is 0 Å². The van der Waals surface area contributed by atoms with Gasteiger partial charge in [0.2, 0.25) is 5.91 Å². The first-order valence-electron chi connectivity index (χ1n) is 6.18. The Bertz CT molecular complexity index is 296. The van der Waals surface area contributed by atoms with Gasteiger partial charge < -0.3 is 10.1 Å². The smallest absolute Gasteiger partial charge is 0.246 e. The van der Waals surface area contributed by atoms with E-state index in [1.807, 2.05) is 0 Å². The summed E-state index contributed by atoms with van der Waals surface area (Å²) >= 11 is 0. The van der Waals surface area contributed by atoms with Crippen LogP contribution in [0.15, 0.2) is 0 Å². The van der Waals surface area contributed by atoms with Crippen molar-refractivity contribution in [3.05, 3.63) is 0 Å². The van der Waals surface area contributed by atoms with Gasteiger partial charge in [0.05, 0.1) is 0 Å². The van der Waals surface area contributed by atoms with Crippen LogP contribution in [-0.2, 0) is 9.53 Å². The Balaban J connectivity index is 2.11. The Morgan fingerprint density at radius 3 is 2.62 bits per heavy atom. The van der Waals surface area contributed by atoms with E-state index >= 15 is 0 Å². The number of nitrogens with one attached hydrogen (secondary N) is 1. The van der Waals surface area contributed by atoms with Crippen molar-refractivity contribution in [3.63, 3.8) is 0 Å². The zero-order chi connectivity index (χ0) is 12.0. The highest BCUT2D eigenvalue weighted by molar-refractivity contribution is 5.77. The number of amides is 1. The van der Waals surface area contributed by atoms with Gasteiger partial charge in [-0.2, -0.15) is 0 Å². The Morgan fingerprint density at radius 2 is 2.12 bits per heavy atom. The molecule has 2 bridgehead atoms. The standard InChI is InChI=1S/C13H23NO2/c1-12(2)9-5-6-13(3,7-9)11(12)14-10(15)8-16-4/h9,11H,5-8H2,1-4H3,(H,14,15). The number of rotatable bonds is 3. The van der Waals surface area contributed by atoms with Crippen molar-refractivity contribution in [3.8, 4) is 0 Å². The van der Waals surface area contributed by atoms with Crippen LogP contribution >= 0.6 is 0 Å². The summed E-state index contributed by atoms with van der Waals surface area (Å²) < 4.78 is 4.88. The summed E-state index contributed by atoms with van der Waals surface area (Å²) in [7, 11) is 1.56. The third-order valence-corrected chi connectivity index (χ3v) is 4.85. The summed E-state index contributed by atoms with van der Waals surface area (Å²) in [5.74, 6) is 0.791. The highest BCUT2D eigenvalue weighted by atomic mass is 16.5. The lowest BCUT2D eigenvalue weighted by Crippen LogP contribution is -2.53. The monoisotopic (exact) mass is 225 g/mol. The molecule has 3 nitrogen and oxygen atoms in total. The zero-order valence-corrected chi connectivity index (χ0v) is 10.8. The molecule has 0 aromatic carbocycles. The minimum atomic E-state index is 0.0225. The second-order valence-corrected chi connectivity index (χ2v) is 6.35. The average Bonchev–Trinajstić information content (AvgIpc) is 2.64. The average molecular weight is 225 g/mol. The molecule has 0 aromatic rings. The van der Waals surface area contributed by atoms with Crippen LogP contribution < -0.4 is 5.32 Å². The Labute approximate surface area is 97.9 Å². The maximum absolute atomic E-state index is 11.7. The second kappa shape index (κ2) is 3.73. The molecule has 3 unspecified atom stereocenters. The van der Waals surface area contributed by atoms with Gasteiger partial charge in [-0.3, -0.25) is 4.79 Å². The van der Waals surface area contributed by atoms with E-state index in [1.165, 1.54) is 19.3 Å². The highest BCUT2D eigenvalue weighted by Gasteiger charge is 2.59. The zero-order valence-electron chi connectivity index (χ0n) is 10.8. The molecule has 3 heteroatoms. The molecule has 2 rings (SSSR count). The SMILES string of the molecule is COCC(=O)NC1C2(C)CCC(C2)C1(C)C. The van der Waals surface area contributed by atoms with Gasteiger partial charge in [-0.15, -0.1) is 0 Å². The van der Waals surface area contributed by atoms with E-state index in [-0.39, 0.29) is 17.9 Å². The fourth-order valence-corrected chi connectivity index (χ4v) is 4.00. The third kappa shape index (κ3) is 1.65. The normalized spacial score (nSPS) is 40.0. The number of methoxy groups -OCH3 is 1. The van der Waals surface area contributed by atoms with Crippen molar-refractivity contribution >= 4 is 5.91 Å². The first-order valence-corrected chi connectivity index (χ1v) is 6.18. The van der Waals surface area contributed by atoms with Crippen molar-refractivity contribution < 1.29 is 9.53 Å². The summed E-state index contributed by atoms with van der Waals surface area (Å²) in [6, 6.07) is 0.307. The van der Waals surface area contributed by atoms with Crippen LogP contribution in [0.5, 0.6) is 0 Å². The lowest BCUT2D eigenvalue weighted by atomic mass is 9.68. The molecule has 0 aliphatic heterocycles. The predicted octanol–water partition coefficient (Wildman–Crippen LogP) is 1.96. The molecule has 2 saturated carbocycles. The lowest BCUT2D eigenvalue weighted by molar-refractivity contribution is -0.127. The first-order chi connectivity index (χ1) is 7.40. The molecule has 1 N–H and O–H groups in total. The van der Waals surface area contributed by atoms with Crippen LogP contribution in [0.2, 0.25) is 0 Å². The third-order valence-electron chi connectivity index (χ3n) is 4.85. The highest BCUT2D eigenvalue weighted by Crippen LogP contribution is 2.62. The van der Waals surface area contributed by atoms with Gasteiger partial charge >= 0.3 is 0 Å². The number of ether oxygens (including phenoxy) is 1. The number of carbonyl (C=O) groups is 1. The minimum absolute atomic E-state index is 0.0225. The van der Waals surface area contributed by atoms with Crippen LogP contribution in [0.1, 0.15) is 40.0 Å². The van der Waals surface area contributed by atoms with E-state index in [4.69, 9.17) is 4.74 Å². The molecule has 2 aliphatic carbocycles.